The van der Waals surface area contributed by atoms with Crippen molar-refractivity contribution in [3.63, 3.8) is 0 Å². The van der Waals surface area contributed by atoms with Gasteiger partial charge in [-0.05, 0) is 63.7 Å². The molecule has 0 spiro atoms. The fraction of sp³-hybridized carbons (Fsp3) is 0.281. The number of amides is 1. The van der Waals surface area contributed by atoms with Gasteiger partial charge < -0.3 is 19.5 Å². The summed E-state index contributed by atoms with van der Waals surface area (Å²) in [6.45, 7) is 3.37. The van der Waals surface area contributed by atoms with E-state index in [0.29, 0.717) is 22.2 Å². The molecule has 3 aromatic heterocycles. The number of nitrogens with one attached hydrogen (secondary N) is 1. The van der Waals surface area contributed by atoms with E-state index in [1.165, 1.54) is 13.3 Å². The number of para-hydroxylation sites is 1. The second kappa shape index (κ2) is 12.5. The number of nitrogens with zero attached hydrogens (tertiary/aromatic N) is 5. The highest BCUT2D eigenvalue weighted by Crippen LogP contribution is 2.29. The Morgan fingerprint density at radius 1 is 1.00 bits per heavy atom. The topological polar surface area (TPSA) is 147 Å². The molecule has 5 aromatic rings. The van der Waals surface area contributed by atoms with Gasteiger partial charge in [0.2, 0.25) is 11.6 Å². The fourth-order valence-corrected chi connectivity index (χ4v) is 5.24. The molecule has 0 saturated heterocycles. The quantitative estimate of drug-likeness (QED) is 0.146. The Morgan fingerprint density at radius 3 is 2.43 bits per heavy atom. The summed E-state index contributed by atoms with van der Waals surface area (Å²) < 4.78 is 6.59. The van der Waals surface area contributed by atoms with Crippen molar-refractivity contribution in [2.24, 2.45) is 12.5 Å². The zero-order chi connectivity index (χ0) is 31.4. The van der Waals surface area contributed by atoms with Crippen LogP contribution in [0.5, 0.6) is 0 Å². The van der Waals surface area contributed by atoms with Gasteiger partial charge in [-0.25, -0.2) is 14.6 Å². The van der Waals surface area contributed by atoms with Gasteiger partial charge in [-0.1, -0.05) is 56.3 Å². The van der Waals surface area contributed by atoms with Crippen LogP contribution < -0.4 is 15.7 Å². The van der Waals surface area contributed by atoms with Crippen LogP contribution in [-0.4, -0.2) is 55.7 Å². The molecule has 12 heteroatoms. The molecule has 5 rings (SSSR count). The summed E-state index contributed by atoms with van der Waals surface area (Å²) in [6.07, 6.45) is 1.78. The molecule has 226 valence electrons. The Balaban J connectivity index is 1.36. The summed E-state index contributed by atoms with van der Waals surface area (Å²) in [6, 6.07) is 18.9. The molecule has 44 heavy (non-hydrogen) atoms. The Kier molecular flexibility index (Phi) is 8.52. The molecule has 0 aliphatic heterocycles. The van der Waals surface area contributed by atoms with E-state index in [1.807, 2.05) is 30.3 Å². The van der Waals surface area contributed by atoms with E-state index < -0.39 is 29.3 Å². The predicted molar refractivity (Wildman–Crippen MR) is 162 cm³/mol. The van der Waals surface area contributed by atoms with Crippen LogP contribution in [-0.2, 0) is 32.6 Å². The summed E-state index contributed by atoms with van der Waals surface area (Å²) >= 11 is 0. The van der Waals surface area contributed by atoms with Crippen LogP contribution >= 0.6 is 0 Å². The Bertz CT molecular complexity index is 1910. The molecule has 0 bridgehead atoms. The van der Waals surface area contributed by atoms with E-state index in [9.17, 15) is 19.2 Å². The SMILES string of the molecule is CCC(CC)(C(=O)N[C@@H](Cc1ccc(-c2cc3ccccc3n(C)c2=O)cc1)C(=O)OC)C(=O)On1nnc2cccnc21. The average Bonchev–Trinajstić information content (AvgIpc) is 3.46. The Morgan fingerprint density at radius 2 is 1.73 bits per heavy atom. The third-order valence-corrected chi connectivity index (χ3v) is 8.01. The first kappa shape index (κ1) is 30.1. The van der Waals surface area contributed by atoms with Crippen LogP contribution in [0.2, 0.25) is 0 Å². The lowest BCUT2D eigenvalue weighted by Crippen LogP contribution is -2.54. The number of aromatic nitrogens is 5. The summed E-state index contributed by atoms with van der Waals surface area (Å²) in [5, 5.41) is 11.4. The normalized spacial score (nSPS) is 12.2. The van der Waals surface area contributed by atoms with Crippen molar-refractivity contribution >= 4 is 39.9 Å². The van der Waals surface area contributed by atoms with Crippen molar-refractivity contribution in [2.75, 3.05) is 7.11 Å². The van der Waals surface area contributed by atoms with Crippen molar-refractivity contribution in [2.45, 2.75) is 39.2 Å². The van der Waals surface area contributed by atoms with Gasteiger partial charge in [0.05, 0.1) is 12.6 Å². The molecule has 12 nitrogen and oxygen atoms in total. The molecule has 1 amide bonds. The lowest BCUT2D eigenvalue weighted by Gasteiger charge is -2.29. The van der Waals surface area contributed by atoms with E-state index in [4.69, 9.17) is 9.57 Å². The number of pyridine rings is 2. The van der Waals surface area contributed by atoms with E-state index >= 15 is 0 Å². The molecule has 3 heterocycles. The van der Waals surface area contributed by atoms with Crippen LogP contribution in [0.3, 0.4) is 0 Å². The van der Waals surface area contributed by atoms with E-state index in [2.05, 4.69) is 20.6 Å². The number of aryl methyl sites for hydroxylation is 1. The zero-order valence-electron chi connectivity index (χ0n) is 24.8. The van der Waals surface area contributed by atoms with Gasteiger partial charge in [-0.15, -0.1) is 5.10 Å². The van der Waals surface area contributed by atoms with Crippen molar-refractivity contribution in [3.8, 4) is 11.1 Å². The van der Waals surface area contributed by atoms with Gasteiger partial charge in [0.25, 0.3) is 5.56 Å². The number of fused-ring (bicyclic) bond motifs is 2. The number of methoxy groups -OCH3 is 1. The number of hydrogen-bond donors (Lipinski definition) is 1. The molecule has 0 unspecified atom stereocenters. The maximum Gasteiger partial charge on any atom is 0.350 e. The number of carbonyl (C=O) groups is 3. The second-order valence-corrected chi connectivity index (χ2v) is 10.4. The molecule has 0 radical (unpaired) electrons. The first-order chi connectivity index (χ1) is 21.2. The fourth-order valence-electron chi connectivity index (χ4n) is 5.24. The summed E-state index contributed by atoms with van der Waals surface area (Å²) in [5.41, 5.74) is 1.68. The van der Waals surface area contributed by atoms with Gasteiger partial charge in [0.1, 0.15) is 17.0 Å². The summed E-state index contributed by atoms with van der Waals surface area (Å²) in [4.78, 5) is 63.4. The smallest absolute Gasteiger partial charge is 0.350 e. The zero-order valence-corrected chi connectivity index (χ0v) is 24.8. The highest BCUT2D eigenvalue weighted by molar-refractivity contribution is 6.04. The van der Waals surface area contributed by atoms with Gasteiger partial charge in [0.15, 0.2) is 0 Å². The average molecular weight is 597 g/mol. The van der Waals surface area contributed by atoms with Crippen LogP contribution in [0.1, 0.15) is 32.3 Å². The lowest BCUT2D eigenvalue weighted by atomic mass is 9.81. The van der Waals surface area contributed by atoms with E-state index in [-0.39, 0.29) is 30.5 Å². The summed E-state index contributed by atoms with van der Waals surface area (Å²) in [7, 11) is 2.96. The third kappa shape index (κ3) is 5.53. The third-order valence-electron chi connectivity index (χ3n) is 8.01. The minimum Gasteiger partial charge on any atom is -0.467 e. The van der Waals surface area contributed by atoms with Gasteiger partial charge in [-0.3, -0.25) is 9.59 Å². The summed E-state index contributed by atoms with van der Waals surface area (Å²) in [5.74, 6) is -2.22. The van der Waals surface area contributed by atoms with Crippen molar-refractivity contribution < 1.29 is 24.0 Å². The van der Waals surface area contributed by atoms with Crippen LogP contribution in [0.15, 0.2) is 77.7 Å². The standard InChI is InChI=1S/C32H32N6O6/c1-5-32(6-2,31(42)44-38-27-24(35-36-38)11-9-17-33-27)30(41)34-25(29(40)43-4)18-20-13-15-21(16-14-20)23-19-22-10-7-8-12-26(22)37(3)28(23)39/h7-17,19,25H,5-6,18H2,1-4H3,(H,34,41)/t25-/m0/s1. The highest BCUT2D eigenvalue weighted by atomic mass is 16.7. The number of ether oxygens (including phenoxy) is 1. The minimum atomic E-state index is -1.63. The largest absolute Gasteiger partial charge is 0.467 e. The van der Waals surface area contributed by atoms with Crippen LogP contribution in [0.4, 0.5) is 0 Å². The Labute approximate surface area is 252 Å². The van der Waals surface area contributed by atoms with Crippen LogP contribution in [0, 0.1) is 5.41 Å². The molecule has 1 atom stereocenters. The molecular formula is C32H32N6O6. The van der Waals surface area contributed by atoms with E-state index in [1.54, 1.807) is 61.9 Å². The lowest BCUT2D eigenvalue weighted by molar-refractivity contribution is -0.165. The number of hydrogen-bond acceptors (Lipinski definition) is 9. The molecule has 0 fully saturated rings. The maximum atomic E-state index is 13.7. The molecule has 2 aromatic carbocycles. The number of benzene rings is 2. The number of rotatable bonds is 10. The molecular weight excluding hydrogens is 564 g/mol. The molecule has 0 saturated carbocycles. The predicted octanol–water partition coefficient (Wildman–Crippen LogP) is 3.01. The van der Waals surface area contributed by atoms with Crippen molar-refractivity contribution in [1.29, 1.82) is 0 Å². The highest BCUT2D eigenvalue weighted by Gasteiger charge is 2.46. The van der Waals surface area contributed by atoms with Gasteiger partial charge in [-0.2, -0.15) is 0 Å². The monoisotopic (exact) mass is 596 g/mol. The first-order valence-corrected chi connectivity index (χ1v) is 14.2. The van der Waals surface area contributed by atoms with Crippen molar-refractivity contribution in [1.82, 2.24) is 30.0 Å². The second-order valence-electron chi connectivity index (χ2n) is 10.4. The number of esters is 1. The molecule has 0 aliphatic rings. The molecule has 0 aliphatic carbocycles. The van der Waals surface area contributed by atoms with Gasteiger partial charge >= 0.3 is 11.9 Å². The first-order valence-electron chi connectivity index (χ1n) is 14.2. The number of carbonyl (C=O) groups excluding carboxylic acids is 3. The Hall–Kier alpha value is -5.39. The van der Waals surface area contributed by atoms with Gasteiger partial charge in [0, 0.05) is 25.2 Å². The molecule has 1 N–H and O–H groups in total. The maximum absolute atomic E-state index is 13.7. The minimum absolute atomic E-state index is 0.0879. The van der Waals surface area contributed by atoms with Crippen molar-refractivity contribution in [3.05, 3.63) is 88.8 Å². The van der Waals surface area contributed by atoms with Crippen LogP contribution in [0.25, 0.3) is 33.2 Å². The van der Waals surface area contributed by atoms with E-state index in [0.717, 1.165) is 15.7 Å².